The zero-order valence-corrected chi connectivity index (χ0v) is 12.1. The van der Waals surface area contributed by atoms with Gasteiger partial charge in [-0.1, -0.05) is 12.1 Å². The van der Waals surface area contributed by atoms with Crippen LogP contribution in [0.2, 0.25) is 0 Å². The summed E-state index contributed by atoms with van der Waals surface area (Å²) in [6.07, 6.45) is 0. The number of benzene rings is 1. The van der Waals surface area contributed by atoms with Crippen LogP contribution >= 0.6 is 0 Å². The van der Waals surface area contributed by atoms with E-state index < -0.39 is 12.1 Å². The molecule has 0 aromatic heterocycles. The largest absolute Gasteiger partial charge is 0.355 e. The van der Waals surface area contributed by atoms with Gasteiger partial charge in [0.2, 0.25) is 5.91 Å². The Labute approximate surface area is 119 Å². The first-order chi connectivity index (χ1) is 9.43. The van der Waals surface area contributed by atoms with Crippen LogP contribution in [0.15, 0.2) is 24.3 Å². The number of nitrogens with one attached hydrogen (secondary N) is 3. The van der Waals surface area contributed by atoms with Crippen LogP contribution in [0.25, 0.3) is 0 Å². The Balaban J connectivity index is 2.51. The second-order valence-corrected chi connectivity index (χ2v) is 4.63. The number of rotatable bonds is 5. The summed E-state index contributed by atoms with van der Waals surface area (Å²) in [5, 5.41) is 7.87. The molecule has 0 spiro atoms. The van der Waals surface area contributed by atoms with Crippen molar-refractivity contribution in [1.29, 1.82) is 0 Å². The fourth-order valence-corrected chi connectivity index (χ4v) is 1.63. The lowest BCUT2D eigenvalue weighted by molar-refractivity contribution is -0.122. The molecular formula is C14H22N4O2. The van der Waals surface area contributed by atoms with Crippen molar-refractivity contribution in [1.82, 2.24) is 10.6 Å². The molecule has 0 aliphatic rings. The average molecular weight is 278 g/mol. The van der Waals surface area contributed by atoms with E-state index in [0.29, 0.717) is 12.2 Å². The maximum absolute atomic E-state index is 11.7. The Kier molecular flexibility index (Phi) is 5.99. The highest BCUT2D eigenvalue weighted by Gasteiger charge is 2.14. The number of likely N-dealkylation sites (N-methyl/N-ethyl adjacent to an activating group) is 1. The lowest BCUT2D eigenvalue weighted by Gasteiger charge is -2.14. The maximum atomic E-state index is 11.7. The molecule has 1 aromatic rings. The topological polar surface area (TPSA) is 96.2 Å². The second-order valence-electron chi connectivity index (χ2n) is 4.63. The predicted octanol–water partition coefficient (Wildman–Crippen LogP) is 1.35. The summed E-state index contributed by atoms with van der Waals surface area (Å²) in [6.45, 7) is 5.88. The molecule has 0 bridgehead atoms. The van der Waals surface area contributed by atoms with Crippen LogP contribution in [0.4, 0.5) is 10.5 Å². The number of hydrogen-bond donors (Lipinski definition) is 4. The fraction of sp³-hybridized carbons (Fsp3) is 0.429. The maximum Gasteiger partial charge on any atom is 0.319 e. The van der Waals surface area contributed by atoms with E-state index in [1.54, 1.807) is 19.1 Å². The molecule has 20 heavy (non-hydrogen) atoms. The molecule has 110 valence electrons. The number of urea groups is 1. The Morgan fingerprint density at radius 3 is 2.30 bits per heavy atom. The number of carbonyl (C=O) groups is 2. The highest BCUT2D eigenvalue weighted by molar-refractivity contribution is 5.93. The molecule has 1 aromatic carbocycles. The van der Waals surface area contributed by atoms with Gasteiger partial charge in [0.1, 0.15) is 6.04 Å². The molecule has 0 saturated carbocycles. The van der Waals surface area contributed by atoms with Crippen molar-refractivity contribution in [2.45, 2.75) is 32.9 Å². The number of anilines is 1. The van der Waals surface area contributed by atoms with Gasteiger partial charge in [-0.2, -0.15) is 0 Å². The van der Waals surface area contributed by atoms with E-state index in [1.807, 2.05) is 26.0 Å². The molecule has 0 radical (unpaired) electrons. The molecule has 6 heteroatoms. The van der Waals surface area contributed by atoms with E-state index in [4.69, 9.17) is 5.73 Å². The van der Waals surface area contributed by atoms with Crippen LogP contribution in [-0.4, -0.2) is 24.5 Å². The van der Waals surface area contributed by atoms with Gasteiger partial charge >= 0.3 is 6.03 Å². The van der Waals surface area contributed by atoms with Gasteiger partial charge in [0.05, 0.1) is 0 Å². The first-order valence-electron chi connectivity index (χ1n) is 6.64. The summed E-state index contributed by atoms with van der Waals surface area (Å²) in [4.78, 5) is 23.2. The van der Waals surface area contributed by atoms with Gasteiger partial charge in [0.15, 0.2) is 0 Å². The normalized spacial score (nSPS) is 13.2. The van der Waals surface area contributed by atoms with E-state index in [9.17, 15) is 9.59 Å². The van der Waals surface area contributed by atoms with Crippen molar-refractivity contribution in [2.75, 3.05) is 11.9 Å². The fourth-order valence-electron chi connectivity index (χ4n) is 1.63. The minimum Gasteiger partial charge on any atom is -0.355 e. The summed E-state index contributed by atoms with van der Waals surface area (Å²) < 4.78 is 0. The molecule has 5 N–H and O–H groups in total. The van der Waals surface area contributed by atoms with E-state index in [1.165, 1.54) is 0 Å². The minimum atomic E-state index is -0.585. The van der Waals surface area contributed by atoms with Crippen molar-refractivity contribution in [3.05, 3.63) is 29.8 Å². The standard InChI is InChI=1S/C14H22N4O2/c1-4-16-13(19)10(3)17-14(20)18-12-7-5-11(6-8-12)9(2)15/h5-10H,4,15H2,1-3H3,(H,16,19)(H2,17,18,20). The van der Waals surface area contributed by atoms with Crippen molar-refractivity contribution in [2.24, 2.45) is 5.73 Å². The minimum absolute atomic E-state index is 0.0457. The first kappa shape index (κ1) is 16.0. The van der Waals surface area contributed by atoms with Crippen molar-refractivity contribution >= 4 is 17.6 Å². The van der Waals surface area contributed by atoms with Crippen LogP contribution < -0.4 is 21.7 Å². The van der Waals surface area contributed by atoms with Gasteiger partial charge in [-0.05, 0) is 38.5 Å². The third-order valence-electron chi connectivity index (χ3n) is 2.79. The molecule has 0 aliphatic heterocycles. The first-order valence-corrected chi connectivity index (χ1v) is 6.64. The zero-order chi connectivity index (χ0) is 15.1. The van der Waals surface area contributed by atoms with E-state index in [-0.39, 0.29) is 11.9 Å². The Bertz CT molecular complexity index is 457. The van der Waals surface area contributed by atoms with Crippen LogP contribution in [-0.2, 0) is 4.79 Å². The lowest BCUT2D eigenvalue weighted by atomic mass is 10.1. The number of nitrogens with two attached hydrogens (primary N) is 1. The molecule has 1 rings (SSSR count). The smallest absolute Gasteiger partial charge is 0.319 e. The second kappa shape index (κ2) is 7.49. The Morgan fingerprint density at radius 2 is 1.80 bits per heavy atom. The van der Waals surface area contributed by atoms with E-state index in [2.05, 4.69) is 16.0 Å². The van der Waals surface area contributed by atoms with Gasteiger partial charge in [0.25, 0.3) is 0 Å². The monoisotopic (exact) mass is 278 g/mol. The third kappa shape index (κ3) is 4.89. The molecule has 2 atom stereocenters. The third-order valence-corrected chi connectivity index (χ3v) is 2.79. The van der Waals surface area contributed by atoms with Crippen molar-refractivity contribution < 1.29 is 9.59 Å². The quantitative estimate of drug-likeness (QED) is 0.654. The molecular weight excluding hydrogens is 256 g/mol. The molecule has 0 aliphatic carbocycles. The van der Waals surface area contributed by atoms with Gasteiger partial charge < -0.3 is 21.7 Å². The SMILES string of the molecule is CCNC(=O)C(C)NC(=O)Nc1ccc(C(C)N)cc1. The number of amides is 3. The van der Waals surface area contributed by atoms with Gasteiger partial charge in [-0.25, -0.2) is 4.79 Å². The molecule has 0 heterocycles. The van der Waals surface area contributed by atoms with Gasteiger partial charge in [0, 0.05) is 18.3 Å². The molecule has 2 unspecified atom stereocenters. The van der Waals surface area contributed by atoms with E-state index in [0.717, 1.165) is 5.56 Å². The Hall–Kier alpha value is -2.08. The summed E-state index contributed by atoms with van der Waals surface area (Å²) >= 11 is 0. The molecule has 3 amide bonds. The number of hydrogen-bond acceptors (Lipinski definition) is 3. The van der Waals surface area contributed by atoms with Gasteiger partial charge in [-0.3, -0.25) is 4.79 Å². The van der Waals surface area contributed by atoms with E-state index >= 15 is 0 Å². The summed E-state index contributed by atoms with van der Waals surface area (Å²) in [6, 6.07) is 6.21. The summed E-state index contributed by atoms with van der Waals surface area (Å²) in [5.41, 5.74) is 7.39. The van der Waals surface area contributed by atoms with Crippen LogP contribution in [0.1, 0.15) is 32.4 Å². The molecule has 6 nitrogen and oxygen atoms in total. The van der Waals surface area contributed by atoms with Crippen LogP contribution in [0.3, 0.4) is 0 Å². The van der Waals surface area contributed by atoms with Crippen LogP contribution in [0, 0.1) is 0 Å². The number of carbonyl (C=O) groups excluding carboxylic acids is 2. The average Bonchev–Trinajstić information content (AvgIpc) is 2.39. The Morgan fingerprint density at radius 1 is 1.20 bits per heavy atom. The lowest BCUT2D eigenvalue weighted by Crippen LogP contribution is -2.46. The van der Waals surface area contributed by atoms with Crippen molar-refractivity contribution in [3.63, 3.8) is 0 Å². The zero-order valence-electron chi connectivity index (χ0n) is 12.1. The molecule has 0 fully saturated rings. The van der Waals surface area contributed by atoms with Gasteiger partial charge in [-0.15, -0.1) is 0 Å². The molecule has 0 saturated heterocycles. The van der Waals surface area contributed by atoms with Crippen molar-refractivity contribution in [3.8, 4) is 0 Å². The highest BCUT2D eigenvalue weighted by Crippen LogP contribution is 2.13. The van der Waals surface area contributed by atoms with Crippen LogP contribution in [0.5, 0.6) is 0 Å². The summed E-state index contributed by atoms with van der Waals surface area (Å²) in [7, 11) is 0. The highest BCUT2D eigenvalue weighted by atomic mass is 16.2. The predicted molar refractivity (Wildman–Crippen MR) is 79.3 cm³/mol. The summed E-state index contributed by atoms with van der Waals surface area (Å²) in [5.74, 6) is -0.213.